The molecule has 0 spiro atoms. The summed E-state index contributed by atoms with van der Waals surface area (Å²) < 4.78 is 0. The number of hydrogen-bond acceptors (Lipinski definition) is 3. The van der Waals surface area contributed by atoms with Crippen LogP contribution >= 0.6 is 0 Å². The van der Waals surface area contributed by atoms with Crippen LogP contribution in [-0.4, -0.2) is 24.7 Å². The molecular weight excluding hydrogens is 260 g/mol. The molecule has 1 aromatic rings. The van der Waals surface area contributed by atoms with E-state index in [9.17, 15) is 5.11 Å². The van der Waals surface area contributed by atoms with Gasteiger partial charge in [-0.1, -0.05) is 41.5 Å². The third kappa shape index (κ3) is 3.58. The molecule has 1 fully saturated rings. The van der Waals surface area contributed by atoms with Gasteiger partial charge in [-0.05, 0) is 39.7 Å². The molecule has 3 N–H and O–H groups in total. The molecule has 3 heteroatoms. The molecule has 0 bridgehead atoms. The molecule has 0 amide bonds. The highest BCUT2D eigenvalue weighted by Crippen LogP contribution is 2.40. The quantitative estimate of drug-likeness (QED) is 0.744. The molecule has 1 aromatic carbocycles. The Balaban J connectivity index is 2.56. The molecule has 1 heterocycles. The van der Waals surface area contributed by atoms with Crippen molar-refractivity contribution < 1.29 is 5.11 Å². The van der Waals surface area contributed by atoms with Crippen molar-refractivity contribution in [3.8, 4) is 5.75 Å². The van der Waals surface area contributed by atoms with E-state index in [0.29, 0.717) is 11.8 Å². The van der Waals surface area contributed by atoms with Crippen LogP contribution in [0.2, 0.25) is 0 Å². The van der Waals surface area contributed by atoms with Crippen molar-refractivity contribution in [2.24, 2.45) is 0 Å². The van der Waals surface area contributed by atoms with E-state index in [0.717, 1.165) is 30.8 Å². The summed E-state index contributed by atoms with van der Waals surface area (Å²) in [7, 11) is 0. The van der Waals surface area contributed by atoms with Crippen LogP contribution in [0, 0.1) is 0 Å². The average Bonchev–Trinajstić information content (AvgIpc) is 2.37. The zero-order valence-electron chi connectivity index (χ0n) is 14.3. The van der Waals surface area contributed by atoms with E-state index in [4.69, 9.17) is 0 Å². The van der Waals surface area contributed by atoms with Crippen molar-refractivity contribution in [3.05, 3.63) is 28.8 Å². The first-order valence-corrected chi connectivity index (χ1v) is 7.92. The lowest BCUT2D eigenvalue weighted by Gasteiger charge is -2.31. The van der Waals surface area contributed by atoms with Crippen LogP contribution < -0.4 is 10.6 Å². The lowest BCUT2D eigenvalue weighted by Crippen LogP contribution is -2.42. The SMILES string of the molecule is CC(C)(C)c1cc([C@@H]2CNCCN2)cc(C(C)(C)C)c1O. The van der Waals surface area contributed by atoms with Crippen molar-refractivity contribution in [1.29, 1.82) is 0 Å². The van der Waals surface area contributed by atoms with Crippen molar-refractivity contribution in [3.63, 3.8) is 0 Å². The Morgan fingerprint density at radius 3 is 1.86 bits per heavy atom. The van der Waals surface area contributed by atoms with Gasteiger partial charge >= 0.3 is 0 Å². The molecular formula is C18H30N2O. The van der Waals surface area contributed by atoms with E-state index in [2.05, 4.69) is 64.3 Å². The summed E-state index contributed by atoms with van der Waals surface area (Å²) in [4.78, 5) is 0. The Hall–Kier alpha value is -1.06. The van der Waals surface area contributed by atoms with Crippen LogP contribution in [0.1, 0.15) is 64.3 Å². The fourth-order valence-corrected chi connectivity index (χ4v) is 2.89. The molecule has 1 aliphatic rings. The van der Waals surface area contributed by atoms with Gasteiger partial charge in [0.2, 0.25) is 0 Å². The zero-order valence-corrected chi connectivity index (χ0v) is 14.3. The topological polar surface area (TPSA) is 44.3 Å². The summed E-state index contributed by atoms with van der Waals surface area (Å²) in [5.41, 5.74) is 3.22. The van der Waals surface area contributed by atoms with Gasteiger partial charge in [0.05, 0.1) is 0 Å². The Bertz CT molecular complexity index is 468. The molecule has 1 saturated heterocycles. The number of phenols is 1. The fourth-order valence-electron chi connectivity index (χ4n) is 2.89. The Kier molecular flexibility index (Phi) is 4.36. The van der Waals surface area contributed by atoms with Gasteiger partial charge in [0, 0.05) is 25.7 Å². The summed E-state index contributed by atoms with van der Waals surface area (Å²) in [6, 6.07) is 4.67. The molecule has 3 nitrogen and oxygen atoms in total. The standard InChI is InChI=1S/C18H30N2O/c1-17(2,3)13-9-12(15-11-19-7-8-20-15)10-14(16(13)21)18(4,5)6/h9-10,15,19-21H,7-8,11H2,1-6H3/t15-/m0/s1. The third-order valence-electron chi connectivity index (χ3n) is 4.19. The first-order valence-electron chi connectivity index (χ1n) is 7.92. The molecule has 1 atom stereocenters. The number of aromatic hydroxyl groups is 1. The minimum absolute atomic E-state index is 0.0673. The fraction of sp³-hybridized carbons (Fsp3) is 0.667. The van der Waals surface area contributed by atoms with E-state index in [1.165, 1.54) is 5.56 Å². The predicted molar refractivity (Wildman–Crippen MR) is 89.1 cm³/mol. The van der Waals surface area contributed by atoms with Crippen molar-refractivity contribution in [1.82, 2.24) is 10.6 Å². The molecule has 0 aromatic heterocycles. The van der Waals surface area contributed by atoms with Crippen LogP contribution in [0.3, 0.4) is 0 Å². The van der Waals surface area contributed by atoms with Gasteiger partial charge in [0.25, 0.3) is 0 Å². The van der Waals surface area contributed by atoms with Gasteiger partial charge < -0.3 is 15.7 Å². The largest absolute Gasteiger partial charge is 0.507 e. The number of benzene rings is 1. The molecule has 0 aliphatic carbocycles. The van der Waals surface area contributed by atoms with Crippen molar-refractivity contribution in [2.45, 2.75) is 58.4 Å². The first-order chi connectivity index (χ1) is 9.60. The predicted octanol–water partition coefficient (Wildman–Crippen LogP) is 3.22. The summed E-state index contributed by atoms with van der Waals surface area (Å²) >= 11 is 0. The van der Waals surface area contributed by atoms with Crippen LogP contribution in [0.15, 0.2) is 12.1 Å². The van der Waals surface area contributed by atoms with Crippen molar-refractivity contribution >= 4 is 0 Å². The maximum Gasteiger partial charge on any atom is 0.123 e. The number of rotatable bonds is 1. The van der Waals surface area contributed by atoms with E-state index >= 15 is 0 Å². The van der Waals surface area contributed by atoms with Gasteiger partial charge in [-0.25, -0.2) is 0 Å². The molecule has 2 rings (SSSR count). The summed E-state index contributed by atoms with van der Waals surface area (Å²) in [5.74, 6) is 0.461. The molecule has 0 saturated carbocycles. The highest BCUT2D eigenvalue weighted by Gasteiger charge is 2.28. The molecule has 118 valence electrons. The van der Waals surface area contributed by atoms with Crippen molar-refractivity contribution in [2.75, 3.05) is 19.6 Å². The smallest absolute Gasteiger partial charge is 0.123 e. The molecule has 1 aliphatic heterocycles. The van der Waals surface area contributed by atoms with Crippen LogP contribution in [0.5, 0.6) is 5.75 Å². The zero-order chi connectivity index (χ0) is 15.8. The number of phenolic OH excluding ortho intramolecular Hbond substituents is 1. The normalized spacial score (nSPS) is 20.6. The van der Waals surface area contributed by atoms with Crippen LogP contribution in [-0.2, 0) is 10.8 Å². The van der Waals surface area contributed by atoms with E-state index < -0.39 is 0 Å². The number of piperazine rings is 1. The lowest BCUT2D eigenvalue weighted by atomic mass is 9.77. The van der Waals surface area contributed by atoms with Gasteiger partial charge in [-0.3, -0.25) is 0 Å². The van der Waals surface area contributed by atoms with E-state index in [-0.39, 0.29) is 10.8 Å². The average molecular weight is 290 g/mol. The Morgan fingerprint density at radius 2 is 1.48 bits per heavy atom. The minimum Gasteiger partial charge on any atom is -0.507 e. The summed E-state index contributed by atoms with van der Waals surface area (Å²) in [5, 5.41) is 17.8. The Labute approximate surface area is 129 Å². The summed E-state index contributed by atoms with van der Waals surface area (Å²) in [6.45, 7) is 15.9. The molecule has 0 unspecified atom stereocenters. The second-order valence-corrected chi connectivity index (χ2v) is 8.18. The van der Waals surface area contributed by atoms with Crippen LogP contribution in [0.25, 0.3) is 0 Å². The van der Waals surface area contributed by atoms with Gasteiger partial charge in [0.15, 0.2) is 0 Å². The lowest BCUT2D eigenvalue weighted by molar-refractivity contribution is 0.411. The van der Waals surface area contributed by atoms with Gasteiger partial charge in [-0.15, -0.1) is 0 Å². The second-order valence-electron chi connectivity index (χ2n) is 8.18. The van der Waals surface area contributed by atoms with E-state index in [1.54, 1.807) is 0 Å². The van der Waals surface area contributed by atoms with Crippen LogP contribution in [0.4, 0.5) is 0 Å². The highest BCUT2D eigenvalue weighted by atomic mass is 16.3. The van der Waals surface area contributed by atoms with Gasteiger partial charge in [-0.2, -0.15) is 0 Å². The minimum atomic E-state index is -0.0673. The highest BCUT2D eigenvalue weighted by molar-refractivity contribution is 5.50. The summed E-state index contributed by atoms with van der Waals surface area (Å²) in [6.07, 6.45) is 0. The molecule has 0 radical (unpaired) electrons. The third-order valence-corrected chi connectivity index (χ3v) is 4.19. The first kappa shape index (κ1) is 16.3. The Morgan fingerprint density at radius 1 is 0.952 bits per heavy atom. The second kappa shape index (κ2) is 5.62. The maximum absolute atomic E-state index is 10.7. The van der Waals surface area contributed by atoms with Gasteiger partial charge in [0.1, 0.15) is 5.75 Å². The maximum atomic E-state index is 10.7. The molecule has 21 heavy (non-hydrogen) atoms. The number of hydrogen-bond donors (Lipinski definition) is 3. The van der Waals surface area contributed by atoms with E-state index in [1.807, 2.05) is 0 Å². The monoisotopic (exact) mass is 290 g/mol. The number of nitrogens with one attached hydrogen (secondary N) is 2.